The smallest absolute Gasteiger partial charge is 0.433 e. The van der Waals surface area contributed by atoms with Crippen LogP contribution in [0, 0.1) is 5.92 Å². The maximum Gasteiger partial charge on any atom is 0.433 e. The number of halogens is 5. The lowest BCUT2D eigenvalue weighted by atomic mass is 9.86. The number of nitrogens with zero attached hydrogens (tertiary/aromatic N) is 5. The largest absolute Gasteiger partial charge is 0.481 e. The second-order valence-electron chi connectivity index (χ2n) is 9.11. The van der Waals surface area contributed by atoms with Crippen LogP contribution in [0.4, 0.5) is 13.2 Å². The lowest BCUT2D eigenvalue weighted by molar-refractivity contribution is -0.147. The van der Waals surface area contributed by atoms with Crippen LogP contribution in [0.2, 0.25) is 10.0 Å². The Morgan fingerprint density at radius 1 is 1.00 bits per heavy atom. The summed E-state index contributed by atoms with van der Waals surface area (Å²) in [6.07, 6.45) is 1.88. The van der Waals surface area contributed by atoms with E-state index in [-0.39, 0.29) is 47.8 Å². The van der Waals surface area contributed by atoms with Gasteiger partial charge in [-0.25, -0.2) is 0 Å². The molecule has 1 aliphatic rings. The molecule has 1 aliphatic carbocycles. The summed E-state index contributed by atoms with van der Waals surface area (Å²) in [5.74, 6) is -3.39. The molecule has 0 bridgehead atoms. The van der Waals surface area contributed by atoms with Gasteiger partial charge in [0.15, 0.2) is 11.5 Å². The fourth-order valence-electron chi connectivity index (χ4n) is 4.65. The SMILES string of the molecule is O=C(CN(Cc1ccncc1)C(=O)c1cnn(C2CCC(C(=O)O)CC2)c1C(F)(F)F)c1c(Cl)cncc1Cl. The molecule has 3 heterocycles. The molecule has 0 atom stereocenters. The maximum absolute atomic E-state index is 14.3. The summed E-state index contributed by atoms with van der Waals surface area (Å²) in [7, 11) is 0. The predicted octanol–water partition coefficient (Wildman–Crippen LogP) is 5.34. The molecule has 0 aromatic carbocycles. The third-order valence-corrected chi connectivity index (χ3v) is 7.14. The summed E-state index contributed by atoms with van der Waals surface area (Å²) in [4.78, 5) is 46.7. The summed E-state index contributed by atoms with van der Waals surface area (Å²) in [6, 6.07) is 2.39. The fraction of sp³-hybridized carbons (Fsp3) is 0.360. The Morgan fingerprint density at radius 2 is 1.62 bits per heavy atom. The topological polar surface area (TPSA) is 118 Å². The third-order valence-electron chi connectivity index (χ3n) is 6.56. The Balaban J connectivity index is 1.69. The van der Waals surface area contributed by atoms with Crippen molar-refractivity contribution in [3.63, 3.8) is 0 Å². The van der Waals surface area contributed by atoms with Gasteiger partial charge >= 0.3 is 12.1 Å². The molecule has 0 unspecified atom stereocenters. The molecule has 3 aromatic rings. The number of ketones is 1. The van der Waals surface area contributed by atoms with Crippen molar-refractivity contribution in [2.75, 3.05) is 6.54 Å². The maximum atomic E-state index is 14.3. The van der Waals surface area contributed by atoms with Crippen molar-refractivity contribution in [3.8, 4) is 0 Å². The first kappa shape index (κ1) is 28.5. The molecule has 206 valence electrons. The lowest BCUT2D eigenvalue weighted by Crippen LogP contribution is -2.37. The molecule has 3 aromatic heterocycles. The number of hydrogen-bond donors (Lipinski definition) is 1. The van der Waals surface area contributed by atoms with Gasteiger partial charge in [0.1, 0.15) is 0 Å². The highest BCUT2D eigenvalue weighted by Gasteiger charge is 2.43. The van der Waals surface area contributed by atoms with E-state index in [0.717, 1.165) is 15.8 Å². The van der Waals surface area contributed by atoms with Crippen LogP contribution in [0.5, 0.6) is 0 Å². The lowest BCUT2D eigenvalue weighted by Gasteiger charge is -2.28. The normalized spacial score (nSPS) is 17.6. The van der Waals surface area contributed by atoms with Crippen LogP contribution in [0.15, 0.2) is 43.1 Å². The molecule has 4 rings (SSSR count). The Kier molecular flexibility index (Phi) is 8.55. The van der Waals surface area contributed by atoms with E-state index < -0.39 is 53.6 Å². The molecule has 0 saturated heterocycles. The molecule has 0 radical (unpaired) electrons. The van der Waals surface area contributed by atoms with Crippen LogP contribution in [0.1, 0.15) is 63.7 Å². The van der Waals surface area contributed by atoms with Crippen LogP contribution in [-0.2, 0) is 17.5 Å². The summed E-state index contributed by atoms with van der Waals surface area (Å²) in [5.41, 5.74) is -1.57. The zero-order valence-electron chi connectivity index (χ0n) is 20.2. The van der Waals surface area contributed by atoms with Crippen molar-refractivity contribution in [2.45, 2.75) is 44.4 Å². The van der Waals surface area contributed by atoms with Crippen molar-refractivity contribution >= 4 is 40.9 Å². The second-order valence-corrected chi connectivity index (χ2v) is 9.93. The van der Waals surface area contributed by atoms with Crippen LogP contribution in [0.3, 0.4) is 0 Å². The molecular formula is C25H22Cl2F3N5O4. The highest BCUT2D eigenvalue weighted by Crippen LogP contribution is 2.39. The number of rotatable bonds is 8. The van der Waals surface area contributed by atoms with Crippen molar-refractivity contribution in [2.24, 2.45) is 5.92 Å². The average Bonchev–Trinajstić information content (AvgIpc) is 3.34. The van der Waals surface area contributed by atoms with Gasteiger partial charge in [0, 0.05) is 31.3 Å². The van der Waals surface area contributed by atoms with Gasteiger partial charge in [-0.1, -0.05) is 23.2 Å². The Labute approximate surface area is 230 Å². The van der Waals surface area contributed by atoms with Gasteiger partial charge in [-0.3, -0.25) is 29.0 Å². The molecule has 1 saturated carbocycles. The Bertz CT molecular complexity index is 1360. The van der Waals surface area contributed by atoms with Gasteiger partial charge in [0.05, 0.1) is 45.9 Å². The molecule has 1 fully saturated rings. The van der Waals surface area contributed by atoms with E-state index in [4.69, 9.17) is 23.2 Å². The quantitative estimate of drug-likeness (QED) is 0.355. The van der Waals surface area contributed by atoms with Crippen LogP contribution in [0.25, 0.3) is 0 Å². The van der Waals surface area contributed by atoms with Crippen LogP contribution >= 0.6 is 23.2 Å². The van der Waals surface area contributed by atoms with Gasteiger partial charge in [0.2, 0.25) is 0 Å². The fourth-order valence-corrected chi connectivity index (χ4v) is 5.23. The first-order chi connectivity index (χ1) is 18.5. The van der Waals surface area contributed by atoms with Gasteiger partial charge < -0.3 is 10.0 Å². The van der Waals surface area contributed by atoms with E-state index in [0.29, 0.717) is 5.56 Å². The molecule has 14 heteroatoms. The summed E-state index contributed by atoms with van der Waals surface area (Å²) in [5, 5.41) is 13.0. The molecule has 0 spiro atoms. The number of Topliss-reactive ketones (excluding diaryl/α,β-unsaturated/α-hetero) is 1. The average molecular weight is 584 g/mol. The minimum Gasteiger partial charge on any atom is -0.481 e. The Morgan fingerprint density at radius 3 is 2.18 bits per heavy atom. The number of carbonyl (C=O) groups excluding carboxylic acids is 2. The molecule has 1 amide bonds. The minimum absolute atomic E-state index is 0.0652. The van der Waals surface area contributed by atoms with E-state index in [2.05, 4.69) is 15.1 Å². The molecule has 9 nitrogen and oxygen atoms in total. The zero-order chi connectivity index (χ0) is 28.3. The number of aromatic nitrogens is 4. The molecule has 1 N–H and O–H groups in total. The Hall–Kier alpha value is -3.51. The molecule has 0 aliphatic heterocycles. The molecular weight excluding hydrogens is 562 g/mol. The number of pyridine rings is 2. The second kappa shape index (κ2) is 11.7. The van der Waals surface area contributed by atoms with Gasteiger partial charge in [-0.15, -0.1) is 0 Å². The number of hydrogen-bond acceptors (Lipinski definition) is 6. The number of carbonyl (C=O) groups is 3. The van der Waals surface area contributed by atoms with Crippen molar-refractivity contribution in [1.29, 1.82) is 0 Å². The summed E-state index contributed by atoms with van der Waals surface area (Å²) < 4.78 is 43.8. The van der Waals surface area contributed by atoms with Crippen molar-refractivity contribution < 1.29 is 32.7 Å². The number of carboxylic acids is 1. The van der Waals surface area contributed by atoms with Gasteiger partial charge in [-0.05, 0) is 43.4 Å². The zero-order valence-corrected chi connectivity index (χ0v) is 21.7. The monoisotopic (exact) mass is 583 g/mol. The van der Waals surface area contributed by atoms with E-state index in [1.54, 1.807) is 12.1 Å². The summed E-state index contributed by atoms with van der Waals surface area (Å²) >= 11 is 12.2. The number of amides is 1. The highest BCUT2D eigenvalue weighted by molar-refractivity contribution is 6.39. The first-order valence-electron chi connectivity index (χ1n) is 11.8. The highest BCUT2D eigenvalue weighted by atomic mass is 35.5. The van der Waals surface area contributed by atoms with E-state index in [9.17, 15) is 32.7 Å². The van der Waals surface area contributed by atoms with E-state index in [1.165, 1.54) is 24.8 Å². The van der Waals surface area contributed by atoms with Gasteiger partial charge in [0.25, 0.3) is 5.91 Å². The minimum atomic E-state index is -4.95. The number of alkyl halides is 3. The van der Waals surface area contributed by atoms with Crippen molar-refractivity contribution in [3.05, 3.63) is 75.5 Å². The van der Waals surface area contributed by atoms with Crippen molar-refractivity contribution in [1.82, 2.24) is 24.6 Å². The third kappa shape index (κ3) is 6.39. The van der Waals surface area contributed by atoms with E-state index in [1.807, 2.05) is 0 Å². The van der Waals surface area contributed by atoms with Crippen LogP contribution < -0.4 is 0 Å². The van der Waals surface area contributed by atoms with Crippen LogP contribution in [-0.4, -0.2) is 54.0 Å². The van der Waals surface area contributed by atoms with E-state index >= 15 is 0 Å². The summed E-state index contributed by atoms with van der Waals surface area (Å²) in [6.45, 7) is -0.837. The number of carboxylic acid groups (broad SMARTS) is 1. The first-order valence-corrected chi connectivity index (χ1v) is 12.6. The standard InChI is InChI=1S/C25H22Cl2F3N5O4/c26-18-10-32-11-19(27)21(18)20(36)13-34(12-14-5-7-31-8-6-14)23(37)17-9-33-35(22(17)25(28,29)30)16-3-1-15(2-4-16)24(38)39/h5-11,15-16H,1-4,12-13H2,(H,38,39). The van der Waals surface area contributed by atoms with Gasteiger partial charge in [-0.2, -0.15) is 18.3 Å². The number of aliphatic carboxylic acids is 1. The predicted molar refractivity (Wildman–Crippen MR) is 133 cm³/mol. The molecule has 39 heavy (non-hydrogen) atoms.